The maximum Gasteiger partial charge on any atom is 0.227 e. The van der Waals surface area contributed by atoms with Crippen molar-refractivity contribution in [3.63, 3.8) is 0 Å². The molecule has 2 aliphatic rings. The number of hydrogen-bond acceptors (Lipinski definition) is 3. The average molecular weight is 374 g/mol. The van der Waals surface area contributed by atoms with Crippen molar-refractivity contribution in [3.05, 3.63) is 24.3 Å². The molecule has 1 aliphatic heterocycles. The first-order valence-corrected chi connectivity index (χ1v) is 8.50. The van der Waals surface area contributed by atoms with Crippen molar-refractivity contribution < 1.29 is 4.79 Å². The van der Waals surface area contributed by atoms with Crippen LogP contribution < -0.4 is 15.5 Å². The van der Waals surface area contributed by atoms with Crippen LogP contribution >= 0.6 is 24.8 Å². The van der Waals surface area contributed by atoms with Crippen LogP contribution in [-0.4, -0.2) is 32.1 Å². The predicted octanol–water partition coefficient (Wildman–Crippen LogP) is 3.70. The molecule has 1 amide bonds. The molecule has 6 heteroatoms. The number of hydrogen-bond donors (Lipinski definition) is 2. The van der Waals surface area contributed by atoms with Crippen LogP contribution in [0, 0.1) is 11.8 Å². The molecule has 1 atom stereocenters. The van der Waals surface area contributed by atoms with Gasteiger partial charge < -0.3 is 15.5 Å². The minimum atomic E-state index is 0. The maximum absolute atomic E-state index is 12.5. The molecule has 24 heavy (non-hydrogen) atoms. The zero-order chi connectivity index (χ0) is 15.5. The quantitative estimate of drug-likeness (QED) is 0.826. The maximum atomic E-state index is 12.5. The Balaban J connectivity index is 0.00000144. The molecule has 1 saturated heterocycles. The van der Waals surface area contributed by atoms with E-state index in [2.05, 4.69) is 34.7 Å². The smallest absolute Gasteiger partial charge is 0.227 e. The fourth-order valence-corrected chi connectivity index (χ4v) is 3.50. The lowest BCUT2D eigenvalue weighted by molar-refractivity contribution is -0.121. The number of carbonyl (C=O) groups excluding carboxylic acids is 1. The fourth-order valence-electron chi connectivity index (χ4n) is 3.50. The summed E-state index contributed by atoms with van der Waals surface area (Å²) in [4.78, 5) is 14.8. The molecule has 0 aromatic heterocycles. The number of benzene rings is 1. The summed E-state index contributed by atoms with van der Waals surface area (Å²) in [7, 11) is 2.15. The molecule has 1 unspecified atom stereocenters. The summed E-state index contributed by atoms with van der Waals surface area (Å²) in [6, 6.07) is 8.78. The summed E-state index contributed by atoms with van der Waals surface area (Å²) in [6.07, 6.45) is 5.14. The molecule has 136 valence electrons. The summed E-state index contributed by atoms with van der Waals surface area (Å²) in [5, 5.41) is 6.39. The fraction of sp³-hybridized carbons (Fsp3) is 0.611. The number of anilines is 2. The van der Waals surface area contributed by atoms with E-state index in [1.165, 1.54) is 25.7 Å². The summed E-state index contributed by atoms with van der Waals surface area (Å²) in [6.45, 7) is 3.94. The van der Waals surface area contributed by atoms with Crippen molar-refractivity contribution in [1.29, 1.82) is 0 Å². The van der Waals surface area contributed by atoms with E-state index in [4.69, 9.17) is 0 Å². The van der Waals surface area contributed by atoms with Crippen molar-refractivity contribution in [1.82, 2.24) is 5.32 Å². The number of carbonyl (C=O) groups is 1. The van der Waals surface area contributed by atoms with Gasteiger partial charge in [0, 0.05) is 19.0 Å². The molecule has 0 spiro atoms. The standard InChI is InChI=1S/C18H27N3O.2ClH/c1-13(14-11-19-12-14)18(22)20-16-9-5-6-10-17(16)21(2)15-7-3-4-8-15;;/h5-6,9-10,13-15,19H,3-4,7-8,11-12H2,1-2H3,(H,20,22);2*1H. The molecule has 1 aromatic carbocycles. The van der Waals surface area contributed by atoms with Crippen LogP contribution in [0.1, 0.15) is 32.6 Å². The van der Waals surface area contributed by atoms with E-state index in [9.17, 15) is 4.79 Å². The van der Waals surface area contributed by atoms with Crippen LogP contribution in [0.15, 0.2) is 24.3 Å². The monoisotopic (exact) mass is 373 g/mol. The molecule has 1 aliphatic carbocycles. The van der Waals surface area contributed by atoms with E-state index in [0.29, 0.717) is 12.0 Å². The number of amides is 1. The molecule has 2 fully saturated rings. The lowest BCUT2D eigenvalue weighted by Crippen LogP contribution is -2.48. The van der Waals surface area contributed by atoms with Crippen LogP contribution in [0.2, 0.25) is 0 Å². The second-order valence-electron chi connectivity index (χ2n) is 6.76. The van der Waals surface area contributed by atoms with Gasteiger partial charge in [-0.25, -0.2) is 0 Å². The van der Waals surface area contributed by atoms with Gasteiger partial charge >= 0.3 is 0 Å². The number of halogens is 2. The number of rotatable bonds is 5. The summed E-state index contributed by atoms with van der Waals surface area (Å²) >= 11 is 0. The Labute approximate surface area is 157 Å². The molecule has 1 aromatic rings. The van der Waals surface area contributed by atoms with Gasteiger partial charge in [0.1, 0.15) is 0 Å². The molecule has 1 heterocycles. The zero-order valence-corrected chi connectivity index (χ0v) is 16.1. The Morgan fingerprint density at radius 1 is 1.21 bits per heavy atom. The van der Waals surface area contributed by atoms with Gasteiger partial charge in [-0.15, -0.1) is 24.8 Å². The van der Waals surface area contributed by atoms with Crippen molar-refractivity contribution >= 4 is 42.1 Å². The molecular formula is C18H29Cl2N3O. The molecule has 1 saturated carbocycles. The third-order valence-electron chi connectivity index (χ3n) is 5.35. The van der Waals surface area contributed by atoms with Crippen LogP contribution in [0.3, 0.4) is 0 Å². The Hall–Kier alpha value is -0.970. The normalized spacial score (nSPS) is 18.8. The van der Waals surface area contributed by atoms with Gasteiger partial charge in [-0.1, -0.05) is 31.9 Å². The molecule has 0 radical (unpaired) electrons. The van der Waals surface area contributed by atoms with Crippen LogP contribution in [0.4, 0.5) is 11.4 Å². The Kier molecular flexibility index (Phi) is 8.34. The van der Waals surface area contributed by atoms with Crippen LogP contribution in [0.25, 0.3) is 0 Å². The summed E-state index contributed by atoms with van der Waals surface area (Å²) in [5.41, 5.74) is 2.09. The number of para-hydroxylation sites is 2. The lowest BCUT2D eigenvalue weighted by Gasteiger charge is -2.32. The SMILES string of the molecule is CC(C(=O)Nc1ccccc1N(C)C1CCCC1)C1CNC1.Cl.Cl. The molecule has 4 nitrogen and oxygen atoms in total. The van der Waals surface area contributed by atoms with E-state index in [0.717, 1.165) is 24.5 Å². The highest BCUT2D eigenvalue weighted by molar-refractivity contribution is 5.95. The Bertz CT molecular complexity index is 531. The number of nitrogens with zero attached hydrogens (tertiary/aromatic N) is 1. The summed E-state index contributed by atoms with van der Waals surface area (Å²) < 4.78 is 0. The molecule has 2 N–H and O–H groups in total. The van der Waals surface area contributed by atoms with Gasteiger partial charge in [0.25, 0.3) is 0 Å². The van der Waals surface area contributed by atoms with Gasteiger partial charge in [-0.3, -0.25) is 4.79 Å². The molecule has 3 rings (SSSR count). The van der Waals surface area contributed by atoms with E-state index >= 15 is 0 Å². The first-order valence-electron chi connectivity index (χ1n) is 8.50. The third kappa shape index (κ3) is 4.56. The van der Waals surface area contributed by atoms with Crippen LogP contribution in [0.5, 0.6) is 0 Å². The first-order chi connectivity index (χ1) is 10.7. The van der Waals surface area contributed by atoms with Gasteiger partial charge in [-0.2, -0.15) is 0 Å². The minimum Gasteiger partial charge on any atom is -0.370 e. The number of nitrogens with one attached hydrogen (secondary N) is 2. The van der Waals surface area contributed by atoms with Crippen molar-refractivity contribution in [2.45, 2.75) is 38.6 Å². The molecular weight excluding hydrogens is 345 g/mol. The average Bonchev–Trinajstić information content (AvgIpc) is 2.99. The second-order valence-corrected chi connectivity index (χ2v) is 6.76. The Morgan fingerprint density at radius 3 is 2.42 bits per heavy atom. The highest BCUT2D eigenvalue weighted by atomic mass is 35.5. The third-order valence-corrected chi connectivity index (χ3v) is 5.35. The van der Waals surface area contributed by atoms with Crippen molar-refractivity contribution in [3.8, 4) is 0 Å². The van der Waals surface area contributed by atoms with Crippen molar-refractivity contribution in [2.24, 2.45) is 11.8 Å². The van der Waals surface area contributed by atoms with Gasteiger partial charge in [0.2, 0.25) is 5.91 Å². The van der Waals surface area contributed by atoms with Crippen molar-refractivity contribution in [2.75, 3.05) is 30.4 Å². The van der Waals surface area contributed by atoms with E-state index < -0.39 is 0 Å². The van der Waals surface area contributed by atoms with E-state index in [1.807, 2.05) is 19.1 Å². The van der Waals surface area contributed by atoms with E-state index in [1.54, 1.807) is 0 Å². The minimum absolute atomic E-state index is 0. The van der Waals surface area contributed by atoms with Gasteiger partial charge in [0.05, 0.1) is 11.4 Å². The zero-order valence-electron chi connectivity index (χ0n) is 14.5. The highest BCUT2D eigenvalue weighted by Crippen LogP contribution is 2.32. The highest BCUT2D eigenvalue weighted by Gasteiger charge is 2.29. The topological polar surface area (TPSA) is 44.4 Å². The van der Waals surface area contributed by atoms with E-state index in [-0.39, 0.29) is 36.6 Å². The summed E-state index contributed by atoms with van der Waals surface area (Å²) in [5.74, 6) is 0.671. The first kappa shape index (κ1) is 21.1. The largest absolute Gasteiger partial charge is 0.370 e. The molecule has 0 bridgehead atoms. The predicted molar refractivity (Wildman–Crippen MR) is 106 cm³/mol. The van der Waals surface area contributed by atoms with Gasteiger partial charge in [0.15, 0.2) is 0 Å². The van der Waals surface area contributed by atoms with Gasteiger partial charge in [-0.05, 0) is 44.0 Å². The lowest BCUT2D eigenvalue weighted by atomic mass is 9.88. The second kappa shape index (κ2) is 9.50. The Morgan fingerprint density at radius 2 is 1.83 bits per heavy atom. The van der Waals surface area contributed by atoms with Crippen LogP contribution in [-0.2, 0) is 4.79 Å².